The Morgan fingerprint density at radius 1 is 1.64 bits per heavy atom. The van der Waals surface area contributed by atoms with Crippen LogP contribution in [0.2, 0.25) is 0 Å². The zero-order chi connectivity index (χ0) is 11.0. The Kier molecular flexibility index (Phi) is 3.01. The van der Waals surface area contributed by atoms with Gasteiger partial charge in [0.25, 0.3) is 10.1 Å². The zero-order valence-electron chi connectivity index (χ0n) is 8.23. The molecule has 0 bridgehead atoms. The van der Waals surface area contributed by atoms with Crippen LogP contribution in [-0.2, 0) is 14.9 Å². The smallest absolute Gasteiger partial charge is 0.266 e. The maximum absolute atomic E-state index is 10.7. The van der Waals surface area contributed by atoms with E-state index < -0.39 is 15.7 Å². The summed E-state index contributed by atoms with van der Waals surface area (Å²) >= 11 is 0. The molecule has 1 aliphatic rings. The molecule has 0 saturated carbocycles. The molecule has 0 spiro atoms. The average Bonchev–Trinajstić information content (AvgIpc) is 2.59. The van der Waals surface area contributed by atoms with E-state index >= 15 is 0 Å². The van der Waals surface area contributed by atoms with Gasteiger partial charge in [0.05, 0.1) is 5.75 Å². The van der Waals surface area contributed by atoms with Crippen LogP contribution in [0.4, 0.5) is 0 Å². The van der Waals surface area contributed by atoms with Gasteiger partial charge in [-0.1, -0.05) is 6.08 Å². The van der Waals surface area contributed by atoms with Gasteiger partial charge in [-0.3, -0.25) is 9.87 Å². The van der Waals surface area contributed by atoms with Crippen LogP contribution in [-0.4, -0.2) is 36.6 Å². The third kappa shape index (κ3) is 3.75. The first-order chi connectivity index (χ1) is 6.23. The van der Waals surface area contributed by atoms with E-state index in [1.807, 2.05) is 0 Å². The van der Waals surface area contributed by atoms with E-state index in [0.29, 0.717) is 0 Å². The Bertz CT molecular complexity index is 322. The van der Waals surface area contributed by atoms with Gasteiger partial charge in [-0.2, -0.15) is 8.42 Å². The largest absolute Gasteiger partial charge is 0.349 e. The lowest BCUT2D eigenvalue weighted by Gasteiger charge is -2.23. The van der Waals surface area contributed by atoms with E-state index in [-0.39, 0.29) is 18.1 Å². The van der Waals surface area contributed by atoms with Crippen molar-refractivity contribution in [2.24, 2.45) is 0 Å². The lowest BCUT2D eigenvalue weighted by atomic mass is 10.1. The Hall–Kier alpha value is -0.430. The van der Waals surface area contributed by atoms with Crippen LogP contribution < -0.4 is 5.32 Å². The van der Waals surface area contributed by atoms with Gasteiger partial charge >= 0.3 is 0 Å². The van der Waals surface area contributed by atoms with Crippen LogP contribution >= 0.6 is 0 Å². The molecule has 2 N–H and O–H groups in total. The maximum Gasteiger partial charge on any atom is 0.266 e. The summed E-state index contributed by atoms with van der Waals surface area (Å²) in [7, 11) is -3.97. The summed E-state index contributed by atoms with van der Waals surface area (Å²) in [6.07, 6.45) is 1.39. The molecule has 2 atom stereocenters. The lowest BCUT2D eigenvalue weighted by molar-refractivity contribution is 0.299. The van der Waals surface area contributed by atoms with Crippen LogP contribution in [0.25, 0.3) is 0 Å². The molecule has 14 heavy (non-hydrogen) atoms. The minimum absolute atomic E-state index is 0.0596. The molecule has 1 saturated heterocycles. The molecule has 5 nitrogen and oxygen atoms in total. The number of hydrogen-bond donors (Lipinski definition) is 2. The number of ether oxygens (including phenoxy) is 1. The number of hydrogen-bond acceptors (Lipinski definition) is 4. The summed E-state index contributed by atoms with van der Waals surface area (Å²) in [6.45, 7) is 6.91. The van der Waals surface area contributed by atoms with Crippen molar-refractivity contribution in [2.75, 3.05) is 5.75 Å². The first-order valence-corrected chi connectivity index (χ1v) is 5.85. The number of rotatable bonds is 5. The van der Waals surface area contributed by atoms with Gasteiger partial charge in [-0.05, 0) is 13.8 Å². The average molecular weight is 221 g/mol. The predicted molar refractivity (Wildman–Crippen MR) is 52.5 cm³/mol. The van der Waals surface area contributed by atoms with Crippen molar-refractivity contribution < 1.29 is 17.7 Å². The summed E-state index contributed by atoms with van der Waals surface area (Å²) in [4.78, 5) is 0. The maximum atomic E-state index is 10.7. The molecular formula is C8H15NO4S. The second-order valence-electron chi connectivity index (χ2n) is 4.01. The van der Waals surface area contributed by atoms with Gasteiger partial charge in [0.15, 0.2) is 0 Å². The molecule has 0 aromatic rings. The van der Waals surface area contributed by atoms with Crippen molar-refractivity contribution in [1.29, 1.82) is 0 Å². The molecule has 1 heterocycles. The molecule has 82 valence electrons. The highest BCUT2D eigenvalue weighted by molar-refractivity contribution is 7.85. The number of epoxide rings is 1. The van der Waals surface area contributed by atoms with Crippen LogP contribution in [0.5, 0.6) is 0 Å². The van der Waals surface area contributed by atoms with Crippen molar-refractivity contribution in [3.63, 3.8) is 0 Å². The van der Waals surface area contributed by atoms with Crippen molar-refractivity contribution in [3.8, 4) is 0 Å². The van der Waals surface area contributed by atoms with Gasteiger partial charge in [-0.25, -0.2) is 0 Å². The second kappa shape index (κ2) is 3.62. The molecule has 0 aliphatic carbocycles. The monoisotopic (exact) mass is 221 g/mol. The molecule has 0 aromatic carbocycles. The number of nitrogens with one attached hydrogen (secondary N) is 1. The Morgan fingerprint density at radius 2 is 2.21 bits per heavy atom. The SMILES string of the molecule is C=CC1OC1NC(C)(C)CS(=O)(=O)O. The van der Waals surface area contributed by atoms with Crippen molar-refractivity contribution in [2.45, 2.75) is 31.7 Å². The highest BCUT2D eigenvalue weighted by Gasteiger charge is 2.40. The molecule has 1 aliphatic heterocycles. The topological polar surface area (TPSA) is 78.9 Å². The van der Waals surface area contributed by atoms with Crippen LogP contribution in [0.15, 0.2) is 12.7 Å². The van der Waals surface area contributed by atoms with Crippen molar-refractivity contribution >= 4 is 10.1 Å². The zero-order valence-corrected chi connectivity index (χ0v) is 9.04. The van der Waals surface area contributed by atoms with E-state index in [1.165, 1.54) is 0 Å². The molecule has 0 radical (unpaired) electrons. The van der Waals surface area contributed by atoms with Crippen molar-refractivity contribution in [1.82, 2.24) is 5.32 Å². The van der Waals surface area contributed by atoms with Crippen LogP contribution in [0, 0.1) is 0 Å². The van der Waals surface area contributed by atoms with Crippen LogP contribution in [0.3, 0.4) is 0 Å². The predicted octanol–water partition coefficient (Wildman–Crippen LogP) is 0.153. The quantitative estimate of drug-likeness (QED) is 0.392. The van der Waals surface area contributed by atoms with Gasteiger partial charge in [0, 0.05) is 5.54 Å². The van der Waals surface area contributed by atoms with E-state index in [9.17, 15) is 8.42 Å². The Labute approximate surface area is 83.9 Å². The third-order valence-corrected chi connectivity index (χ3v) is 2.92. The lowest BCUT2D eigenvalue weighted by Crippen LogP contribution is -2.47. The minimum Gasteiger partial charge on any atom is -0.349 e. The van der Waals surface area contributed by atoms with Gasteiger partial charge in [-0.15, -0.1) is 6.58 Å². The highest BCUT2D eigenvalue weighted by Crippen LogP contribution is 2.23. The van der Waals surface area contributed by atoms with E-state index in [2.05, 4.69) is 11.9 Å². The summed E-state index contributed by atoms with van der Waals surface area (Å²) in [5.74, 6) is -0.344. The summed E-state index contributed by atoms with van der Waals surface area (Å²) < 4.78 is 35.1. The van der Waals surface area contributed by atoms with Gasteiger partial charge in [0.2, 0.25) is 0 Å². The first-order valence-electron chi connectivity index (χ1n) is 4.24. The summed E-state index contributed by atoms with van der Waals surface area (Å²) in [5.41, 5.74) is -0.712. The second-order valence-corrected chi connectivity index (χ2v) is 5.46. The minimum atomic E-state index is -3.97. The van der Waals surface area contributed by atoms with Gasteiger partial charge < -0.3 is 4.74 Å². The van der Waals surface area contributed by atoms with Gasteiger partial charge in [0.1, 0.15) is 12.3 Å². The highest BCUT2D eigenvalue weighted by atomic mass is 32.2. The Morgan fingerprint density at radius 3 is 2.57 bits per heavy atom. The standard InChI is InChI=1S/C8H15NO4S/c1-4-6-7(13-6)9-8(2,3)5-14(10,11)12/h4,6-7,9H,1,5H2,2-3H3,(H,10,11,12). The van der Waals surface area contributed by atoms with Crippen molar-refractivity contribution in [3.05, 3.63) is 12.7 Å². The fraction of sp³-hybridized carbons (Fsp3) is 0.750. The molecular weight excluding hydrogens is 206 g/mol. The normalized spacial score (nSPS) is 27.4. The third-order valence-electron chi connectivity index (χ3n) is 1.83. The van der Waals surface area contributed by atoms with E-state index in [4.69, 9.17) is 9.29 Å². The molecule has 0 aromatic heterocycles. The van der Waals surface area contributed by atoms with E-state index in [0.717, 1.165) is 0 Å². The molecule has 6 heteroatoms. The Balaban J connectivity index is 2.47. The van der Waals surface area contributed by atoms with Crippen LogP contribution in [0.1, 0.15) is 13.8 Å². The molecule has 0 amide bonds. The molecule has 1 rings (SSSR count). The molecule has 1 fully saturated rings. The van der Waals surface area contributed by atoms with E-state index in [1.54, 1.807) is 19.9 Å². The molecule has 2 unspecified atom stereocenters. The summed E-state index contributed by atoms with van der Waals surface area (Å²) in [5, 5.41) is 2.96. The first kappa shape index (κ1) is 11.6. The summed E-state index contributed by atoms with van der Waals surface area (Å²) in [6, 6.07) is 0. The fourth-order valence-corrected chi connectivity index (χ4v) is 2.30. The fourth-order valence-electron chi connectivity index (χ4n) is 1.30.